The van der Waals surface area contributed by atoms with E-state index in [-0.39, 0.29) is 29.9 Å². The maximum Gasteiger partial charge on any atom is 0.410 e. The fourth-order valence-electron chi connectivity index (χ4n) is 2.60. The molecule has 2 aliphatic rings. The third-order valence-corrected chi connectivity index (χ3v) is 3.63. The topological polar surface area (TPSA) is 59.8 Å². The van der Waals surface area contributed by atoms with Crippen molar-refractivity contribution < 1.29 is 18.7 Å². The molecule has 3 rings (SSSR count). The molecular weight excluding hydrogens is 222 g/mol. The molecule has 17 heavy (non-hydrogen) atoms. The van der Waals surface area contributed by atoms with Gasteiger partial charge in [-0.15, -0.1) is 0 Å². The lowest BCUT2D eigenvalue weighted by atomic mass is 9.86. The first-order chi connectivity index (χ1) is 8.18. The van der Waals surface area contributed by atoms with Crippen molar-refractivity contribution in [2.24, 2.45) is 5.92 Å². The lowest BCUT2D eigenvalue weighted by molar-refractivity contribution is -0.128. The summed E-state index contributed by atoms with van der Waals surface area (Å²) in [6.45, 7) is 2.14. The summed E-state index contributed by atoms with van der Waals surface area (Å²) in [4.78, 5) is 25.3. The molecule has 1 amide bonds. The van der Waals surface area contributed by atoms with E-state index in [4.69, 9.17) is 9.15 Å². The number of ether oxygens (including phenoxy) is 1. The van der Waals surface area contributed by atoms with Crippen molar-refractivity contribution in [2.75, 3.05) is 6.61 Å². The highest BCUT2D eigenvalue weighted by atomic mass is 16.6. The molecule has 0 N–H and O–H groups in total. The summed E-state index contributed by atoms with van der Waals surface area (Å²) >= 11 is 0. The van der Waals surface area contributed by atoms with Crippen LogP contribution in [0.2, 0.25) is 0 Å². The molecule has 0 unspecified atom stereocenters. The van der Waals surface area contributed by atoms with Gasteiger partial charge in [-0.3, -0.25) is 9.69 Å². The molecule has 0 radical (unpaired) electrons. The van der Waals surface area contributed by atoms with Crippen molar-refractivity contribution in [1.82, 2.24) is 4.90 Å². The Kier molecular flexibility index (Phi) is 2.21. The van der Waals surface area contributed by atoms with E-state index in [9.17, 15) is 9.59 Å². The van der Waals surface area contributed by atoms with Crippen LogP contribution in [0.4, 0.5) is 4.79 Å². The van der Waals surface area contributed by atoms with Crippen LogP contribution in [0.1, 0.15) is 25.1 Å². The number of ketones is 1. The number of carbonyl (C=O) groups excluding carboxylic acids is 2. The lowest BCUT2D eigenvalue weighted by Gasteiger charge is -2.36. The van der Waals surface area contributed by atoms with Gasteiger partial charge in [-0.25, -0.2) is 4.79 Å². The number of carbonyl (C=O) groups is 2. The van der Waals surface area contributed by atoms with E-state index in [0.717, 1.165) is 0 Å². The molecule has 3 atom stereocenters. The van der Waals surface area contributed by atoms with Gasteiger partial charge in [0.2, 0.25) is 0 Å². The maximum absolute atomic E-state index is 11.9. The van der Waals surface area contributed by atoms with E-state index in [1.54, 1.807) is 23.3 Å². The minimum Gasteiger partial charge on any atom is -0.467 e. The molecule has 1 aromatic rings. The van der Waals surface area contributed by atoms with Crippen LogP contribution >= 0.6 is 0 Å². The highest BCUT2D eigenvalue weighted by molar-refractivity contribution is 5.86. The largest absolute Gasteiger partial charge is 0.467 e. The molecule has 5 heteroatoms. The van der Waals surface area contributed by atoms with Crippen LogP contribution in [-0.4, -0.2) is 29.4 Å². The zero-order chi connectivity index (χ0) is 12.0. The molecular formula is C12H13NO4. The van der Waals surface area contributed by atoms with E-state index in [0.29, 0.717) is 18.8 Å². The van der Waals surface area contributed by atoms with E-state index >= 15 is 0 Å². The van der Waals surface area contributed by atoms with Crippen molar-refractivity contribution in [3.8, 4) is 0 Å². The average molecular weight is 235 g/mol. The van der Waals surface area contributed by atoms with Crippen molar-refractivity contribution in [3.63, 3.8) is 0 Å². The molecule has 2 fully saturated rings. The fourth-order valence-corrected chi connectivity index (χ4v) is 2.60. The summed E-state index contributed by atoms with van der Waals surface area (Å²) in [6, 6.07) is 3.08. The van der Waals surface area contributed by atoms with Crippen LogP contribution < -0.4 is 0 Å². The molecule has 90 valence electrons. The second-order valence-corrected chi connectivity index (χ2v) is 4.54. The Morgan fingerprint density at radius 1 is 1.41 bits per heavy atom. The number of rotatable bonds is 1. The Bertz CT molecular complexity index is 451. The van der Waals surface area contributed by atoms with E-state index < -0.39 is 0 Å². The maximum atomic E-state index is 11.9. The predicted molar refractivity (Wildman–Crippen MR) is 57.2 cm³/mol. The summed E-state index contributed by atoms with van der Waals surface area (Å²) < 4.78 is 10.4. The SMILES string of the molecule is C[C@@H]1C(=O)C[C@H](c2ccco2)N2C(=O)OC[C@H]12. The molecule has 0 aromatic carbocycles. The number of amides is 1. The summed E-state index contributed by atoms with van der Waals surface area (Å²) in [7, 11) is 0. The zero-order valence-corrected chi connectivity index (χ0v) is 9.46. The van der Waals surface area contributed by atoms with E-state index in [2.05, 4.69) is 0 Å². The smallest absolute Gasteiger partial charge is 0.410 e. The Balaban J connectivity index is 1.98. The lowest BCUT2D eigenvalue weighted by Crippen LogP contribution is -2.48. The molecule has 1 aromatic heterocycles. The second kappa shape index (κ2) is 3.61. The van der Waals surface area contributed by atoms with Crippen molar-refractivity contribution >= 4 is 11.9 Å². The first-order valence-corrected chi connectivity index (χ1v) is 5.69. The van der Waals surface area contributed by atoms with Gasteiger partial charge < -0.3 is 9.15 Å². The minimum absolute atomic E-state index is 0.154. The summed E-state index contributed by atoms with van der Waals surface area (Å²) in [5, 5.41) is 0. The molecule has 0 spiro atoms. The zero-order valence-electron chi connectivity index (χ0n) is 9.46. The molecule has 0 bridgehead atoms. The van der Waals surface area contributed by atoms with Gasteiger partial charge in [-0.2, -0.15) is 0 Å². The van der Waals surface area contributed by atoms with Crippen molar-refractivity contribution in [2.45, 2.75) is 25.4 Å². The van der Waals surface area contributed by atoms with Crippen LogP contribution in [0, 0.1) is 5.92 Å². The van der Waals surface area contributed by atoms with Crippen LogP contribution in [0.5, 0.6) is 0 Å². The first kappa shape index (κ1) is 10.4. The second-order valence-electron chi connectivity index (χ2n) is 4.54. The quantitative estimate of drug-likeness (QED) is 0.744. The summed E-state index contributed by atoms with van der Waals surface area (Å²) in [5.74, 6) is 0.646. The van der Waals surface area contributed by atoms with Gasteiger partial charge >= 0.3 is 6.09 Å². The molecule has 3 heterocycles. The highest BCUT2D eigenvalue weighted by Gasteiger charge is 2.49. The van der Waals surface area contributed by atoms with Crippen molar-refractivity contribution in [3.05, 3.63) is 24.2 Å². The van der Waals surface area contributed by atoms with Gasteiger partial charge in [0, 0.05) is 12.3 Å². The monoisotopic (exact) mass is 235 g/mol. The molecule has 5 nitrogen and oxygen atoms in total. The number of hydrogen-bond donors (Lipinski definition) is 0. The Hall–Kier alpha value is -1.78. The number of fused-ring (bicyclic) bond motifs is 1. The Morgan fingerprint density at radius 3 is 2.94 bits per heavy atom. The number of piperidine rings is 1. The van der Waals surface area contributed by atoms with Gasteiger partial charge in [0.1, 0.15) is 24.2 Å². The van der Waals surface area contributed by atoms with Gasteiger partial charge in [0.05, 0.1) is 12.3 Å². The van der Waals surface area contributed by atoms with Crippen LogP contribution in [0.15, 0.2) is 22.8 Å². The van der Waals surface area contributed by atoms with Crippen molar-refractivity contribution in [1.29, 1.82) is 0 Å². The minimum atomic E-state index is -0.351. The van der Waals surface area contributed by atoms with Gasteiger partial charge in [0.15, 0.2) is 0 Å². The Labute approximate surface area is 98.3 Å². The van der Waals surface area contributed by atoms with Crippen LogP contribution in [0.3, 0.4) is 0 Å². The van der Waals surface area contributed by atoms with Crippen LogP contribution in [-0.2, 0) is 9.53 Å². The number of Topliss-reactive ketones (excluding diaryl/α,β-unsaturated/α-hetero) is 1. The van der Waals surface area contributed by atoms with Gasteiger partial charge in [-0.1, -0.05) is 6.92 Å². The molecule has 0 aliphatic carbocycles. The normalized spacial score (nSPS) is 32.5. The average Bonchev–Trinajstić information content (AvgIpc) is 2.93. The highest BCUT2D eigenvalue weighted by Crippen LogP contribution is 2.38. The molecule has 2 saturated heterocycles. The van der Waals surface area contributed by atoms with Gasteiger partial charge in [0.25, 0.3) is 0 Å². The molecule has 2 aliphatic heterocycles. The standard InChI is InChI=1S/C12H13NO4/c1-7-9-6-17-12(15)13(9)8(5-10(7)14)11-3-2-4-16-11/h2-4,7-9H,5-6H2,1H3/t7-,8+,9+/m0/s1. The molecule has 0 saturated carbocycles. The number of nitrogens with zero attached hydrogens (tertiary/aromatic N) is 1. The number of hydrogen-bond acceptors (Lipinski definition) is 4. The summed E-state index contributed by atoms with van der Waals surface area (Å²) in [5.41, 5.74) is 0. The third kappa shape index (κ3) is 1.45. The predicted octanol–water partition coefficient (Wildman–Crippen LogP) is 1.75. The number of cyclic esters (lactones) is 1. The van der Waals surface area contributed by atoms with E-state index in [1.165, 1.54) is 0 Å². The van der Waals surface area contributed by atoms with Crippen LogP contribution in [0.25, 0.3) is 0 Å². The number of furan rings is 1. The van der Waals surface area contributed by atoms with E-state index in [1.807, 2.05) is 6.92 Å². The first-order valence-electron chi connectivity index (χ1n) is 5.69. The summed E-state index contributed by atoms with van der Waals surface area (Å²) in [6.07, 6.45) is 1.50. The third-order valence-electron chi connectivity index (χ3n) is 3.63. The van der Waals surface area contributed by atoms with Gasteiger partial charge in [-0.05, 0) is 12.1 Å². The Morgan fingerprint density at radius 2 is 2.24 bits per heavy atom. The fraction of sp³-hybridized carbons (Fsp3) is 0.500.